The van der Waals surface area contributed by atoms with E-state index in [-0.39, 0.29) is 17.2 Å². The van der Waals surface area contributed by atoms with Gasteiger partial charge in [0.15, 0.2) is 0 Å². The first-order chi connectivity index (χ1) is 16.6. The third-order valence-electron chi connectivity index (χ3n) is 5.95. The highest BCUT2D eigenvalue weighted by Crippen LogP contribution is 2.27. The molecule has 0 saturated carbocycles. The molecule has 0 aliphatic carbocycles. The number of anilines is 2. The first-order valence-electron chi connectivity index (χ1n) is 11.7. The average molecular weight is 493 g/mol. The second kappa shape index (κ2) is 10.1. The van der Waals surface area contributed by atoms with Crippen LogP contribution in [0.2, 0.25) is 0 Å². The molecule has 1 amide bonds. The van der Waals surface area contributed by atoms with Gasteiger partial charge in [-0.25, -0.2) is 9.00 Å². The Morgan fingerprint density at radius 1 is 1.09 bits per heavy atom. The van der Waals surface area contributed by atoms with Crippen LogP contribution in [0.1, 0.15) is 39.2 Å². The molecule has 8 heteroatoms. The molecule has 0 bridgehead atoms. The maximum atomic E-state index is 13.4. The Morgan fingerprint density at radius 2 is 1.77 bits per heavy atom. The summed E-state index contributed by atoms with van der Waals surface area (Å²) >= 11 is 0. The lowest BCUT2D eigenvalue weighted by atomic mass is 10.0. The minimum Gasteiger partial charge on any atom is -0.444 e. The minimum atomic E-state index is -1.68. The van der Waals surface area contributed by atoms with Gasteiger partial charge >= 0.3 is 6.09 Å². The van der Waals surface area contributed by atoms with E-state index in [9.17, 15) is 9.00 Å². The van der Waals surface area contributed by atoms with E-state index >= 15 is 0 Å². The number of hydrogen-bond acceptors (Lipinski definition) is 6. The molecule has 1 heterocycles. The van der Waals surface area contributed by atoms with Gasteiger partial charge in [-0.1, -0.05) is 36.4 Å². The van der Waals surface area contributed by atoms with Gasteiger partial charge in [0.05, 0.1) is 4.90 Å². The predicted molar refractivity (Wildman–Crippen MR) is 142 cm³/mol. The van der Waals surface area contributed by atoms with E-state index in [2.05, 4.69) is 5.32 Å². The maximum absolute atomic E-state index is 13.4. The number of piperidine rings is 1. The topological polar surface area (TPSA) is 109 Å². The summed E-state index contributed by atoms with van der Waals surface area (Å²) in [6.07, 6.45) is 1.27. The largest absolute Gasteiger partial charge is 0.444 e. The number of fused-ring (bicyclic) bond motifs is 1. The van der Waals surface area contributed by atoms with Crippen molar-refractivity contribution >= 4 is 44.1 Å². The molecule has 1 fully saturated rings. The number of nitrogens with two attached hydrogens (primary N) is 1. The molecule has 1 atom stereocenters. The number of carbonyl (C=O) groups is 1. The van der Waals surface area contributed by atoms with Crippen molar-refractivity contribution in [1.82, 2.24) is 4.90 Å². The van der Waals surface area contributed by atoms with Gasteiger partial charge < -0.3 is 20.7 Å². The van der Waals surface area contributed by atoms with Gasteiger partial charge in [-0.3, -0.25) is 5.41 Å². The summed E-state index contributed by atoms with van der Waals surface area (Å²) in [5, 5.41) is 14.0. The van der Waals surface area contributed by atoms with Gasteiger partial charge in [0.1, 0.15) is 21.4 Å². The van der Waals surface area contributed by atoms with E-state index in [1.165, 1.54) is 0 Å². The quantitative estimate of drug-likeness (QED) is 0.258. The molecule has 0 spiro atoms. The summed E-state index contributed by atoms with van der Waals surface area (Å²) in [4.78, 5) is 14.6. The van der Waals surface area contributed by atoms with Gasteiger partial charge in [0, 0.05) is 36.1 Å². The zero-order chi connectivity index (χ0) is 25.2. The molecule has 0 aromatic heterocycles. The zero-order valence-electron chi connectivity index (χ0n) is 20.3. The standard InChI is InChI=1S/C27H32N4O3S/c1-27(2,3)34-26(32)31-15-13-19(14-16-31)30-20-11-12-23(28)22(17-20)25(29)35(33)24-10-6-8-18-7-4-5-9-21(18)24/h4-12,17,19,29-30H,13-16,28H2,1-3H3. The number of nitrogens with zero attached hydrogens (tertiary/aromatic N) is 1. The highest BCUT2D eigenvalue weighted by molar-refractivity contribution is 8.01. The molecule has 0 radical (unpaired) electrons. The van der Waals surface area contributed by atoms with Crippen LogP contribution in [0.25, 0.3) is 10.8 Å². The SMILES string of the molecule is CC(C)(C)OC(=O)N1CCC(Nc2ccc(N)c(C(=N)S(=O)c3cccc4ccccc34)c2)CC1. The summed E-state index contributed by atoms with van der Waals surface area (Å²) in [7, 11) is -1.68. The third-order valence-corrected chi connectivity index (χ3v) is 7.30. The molecule has 1 saturated heterocycles. The number of amides is 1. The molecule has 4 N–H and O–H groups in total. The van der Waals surface area contributed by atoms with Gasteiger partial charge in [0.25, 0.3) is 0 Å². The zero-order valence-corrected chi connectivity index (χ0v) is 21.2. The van der Waals surface area contributed by atoms with Crippen molar-refractivity contribution in [3.8, 4) is 0 Å². The molecule has 1 aliphatic rings. The van der Waals surface area contributed by atoms with Crippen molar-refractivity contribution in [2.75, 3.05) is 24.1 Å². The molecule has 7 nitrogen and oxygen atoms in total. The molecule has 1 unspecified atom stereocenters. The van der Waals surface area contributed by atoms with Gasteiger partial charge in [0.2, 0.25) is 0 Å². The molecule has 3 aromatic carbocycles. The Labute approximate surface area is 208 Å². The summed E-state index contributed by atoms with van der Waals surface area (Å²) < 4.78 is 18.8. The minimum absolute atomic E-state index is 0.0257. The van der Waals surface area contributed by atoms with E-state index in [0.717, 1.165) is 29.3 Å². The molecule has 35 heavy (non-hydrogen) atoms. The van der Waals surface area contributed by atoms with Crippen LogP contribution in [0.5, 0.6) is 0 Å². The van der Waals surface area contributed by atoms with Crippen LogP contribution in [0.4, 0.5) is 16.2 Å². The summed E-state index contributed by atoms with van der Waals surface area (Å²) in [6.45, 7) is 6.80. The number of nitrogens with one attached hydrogen (secondary N) is 2. The normalized spacial score (nSPS) is 15.6. The fourth-order valence-corrected chi connectivity index (χ4v) is 5.36. The lowest BCUT2D eigenvalue weighted by Gasteiger charge is -2.34. The number of ether oxygens (including phenoxy) is 1. The third kappa shape index (κ3) is 5.82. The Bertz CT molecular complexity index is 1270. The lowest BCUT2D eigenvalue weighted by Crippen LogP contribution is -2.44. The van der Waals surface area contributed by atoms with Crippen molar-refractivity contribution in [2.24, 2.45) is 0 Å². The van der Waals surface area contributed by atoms with Crippen LogP contribution in [-0.2, 0) is 15.5 Å². The van der Waals surface area contributed by atoms with Crippen molar-refractivity contribution in [2.45, 2.75) is 50.2 Å². The molecule has 4 rings (SSSR count). The van der Waals surface area contributed by atoms with E-state index in [4.69, 9.17) is 15.9 Å². The number of benzene rings is 3. The summed E-state index contributed by atoms with van der Waals surface area (Å²) in [5.74, 6) is 0. The van der Waals surface area contributed by atoms with Gasteiger partial charge in [-0.05, 0) is 68.7 Å². The highest BCUT2D eigenvalue weighted by Gasteiger charge is 2.27. The Hall–Kier alpha value is -3.39. The van der Waals surface area contributed by atoms with Gasteiger partial charge in [-0.15, -0.1) is 0 Å². The van der Waals surface area contributed by atoms with E-state index in [1.807, 2.05) is 63.2 Å². The number of rotatable bonds is 4. The summed E-state index contributed by atoms with van der Waals surface area (Å²) in [5.41, 5.74) is 7.35. The van der Waals surface area contributed by atoms with Crippen molar-refractivity contribution in [3.63, 3.8) is 0 Å². The first-order valence-corrected chi connectivity index (χ1v) is 12.9. The number of hydrogen-bond donors (Lipinski definition) is 3. The van der Waals surface area contributed by atoms with E-state index < -0.39 is 16.4 Å². The molecular weight excluding hydrogens is 460 g/mol. The predicted octanol–water partition coefficient (Wildman–Crippen LogP) is 5.37. The van der Waals surface area contributed by atoms with Crippen LogP contribution in [0, 0.1) is 5.41 Å². The smallest absolute Gasteiger partial charge is 0.410 e. The monoisotopic (exact) mass is 492 g/mol. The summed E-state index contributed by atoms with van der Waals surface area (Å²) in [6, 6.07) is 18.9. The molecule has 3 aromatic rings. The average Bonchev–Trinajstić information content (AvgIpc) is 2.83. The fraction of sp³-hybridized carbons (Fsp3) is 0.333. The second-order valence-corrected chi connectivity index (χ2v) is 11.1. The molecular formula is C27H32N4O3S. The number of likely N-dealkylation sites (tertiary alicyclic amines) is 1. The van der Waals surface area contributed by atoms with Crippen LogP contribution in [-0.4, -0.2) is 45.0 Å². The molecule has 184 valence electrons. The van der Waals surface area contributed by atoms with Gasteiger partial charge in [-0.2, -0.15) is 0 Å². The number of nitrogen functional groups attached to an aromatic ring is 1. The maximum Gasteiger partial charge on any atom is 0.410 e. The van der Waals surface area contributed by atoms with Crippen LogP contribution in [0.3, 0.4) is 0 Å². The van der Waals surface area contributed by atoms with Crippen LogP contribution < -0.4 is 11.1 Å². The first kappa shape index (κ1) is 24.7. The highest BCUT2D eigenvalue weighted by atomic mass is 32.2. The fourth-order valence-electron chi connectivity index (χ4n) is 4.18. The Balaban J connectivity index is 1.45. The van der Waals surface area contributed by atoms with Crippen molar-refractivity contribution in [1.29, 1.82) is 5.41 Å². The number of carbonyl (C=O) groups excluding carboxylic acids is 1. The van der Waals surface area contributed by atoms with E-state index in [0.29, 0.717) is 29.2 Å². The Morgan fingerprint density at radius 3 is 2.49 bits per heavy atom. The van der Waals surface area contributed by atoms with Crippen LogP contribution in [0.15, 0.2) is 65.6 Å². The van der Waals surface area contributed by atoms with E-state index in [1.54, 1.807) is 23.1 Å². The second-order valence-electron chi connectivity index (χ2n) is 9.76. The van der Waals surface area contributed by atoms with Crippen molar-refractivity contribution in [3.05, 3.63) is 66.2 Å². The molecule has 1 aliphatic heterocycles. The van der Waals surface area contributed by atoms with Crippen LogP contribution >= 0.6 is 0 Å². The Kier molecular flexibility index (Phi) is 7.12. The van der Waals surface area contributed by atoms with Crippen molar-refractivity contribution < 1.29 is 13.7 Å². The lowest BCUT2D eigenvalue weighted by molar-refractivity contribution is 0.0210.